The van der Waals surface area contributed by atoms with Crippen LogP contribution in [0.3, 0.4) is 0 Å². The first kappa shape index (κ1) is 15.7. The molecule has 0 bridgehead atoms. The zero-order chi connectivity index (χ0) is 15.5. The molecule has 0 spiro atoms. The third kappa shape index (κ3) is 4.67. The van der Waals surface area contributed by atoms with E-state index in [0.29, 0.717) is 13.1 Å². The molecule has 0 radical (unpaired) electrons. The second-order valence-electron chi connectivity index (χ2n) is 5.14. The van der Waals surface area contributed by atoms with Crippen molar-refractivity contribution in [1.82, 2.24) is 19.9 Å². The Kier molecular flexibility index (Phi) is 4.78. The molecular formula is C11H19N5O4S. The molecule has 1 amide bonds. The molecule has 1 saturated heterocycles. The van der Waals surface area contributed by atoms with Crippen molar-refractivity contribution in [3.05, 3.63) is 6.20 Å². The van der Waals surface area contributed by atoms with Crippen molar-refractivity contribution in [2.45, 2.75) is 19.4 Å². The number of aromatic nitrogens is 3. The summed E-state index contributed by atoms with van der Waals surface area (Å²) in [4.78, 5) is 14.9. The summed E-state index contributed by atoms with van der Waals surface area (Å²) in [6, 6.07) is 0. The summed E-state index contributed by atoms with van der Waals surface area (Å²) in [6.07, 6.45) is 3.85. The number of likely N-dealkylation sites (tertiary alicyclic amines) is 1. The largest absolute Gasteiger partial charge is 0.396 e. The standard InChI is InChI=1S/C11H19N5O4S/c1-21(19,20)14-10-6-12-16(13-10)7-11(18)15-4-2-9(8-17)3-5-15/h6,9,17H,2-5,7-8H2,1H3,(H,13,14). The number of carbonyl (C=O) groups is 1. The maximum absolute atomic E-state index is 12.1. The van der Waals surface area contributed by atoms with Crippen LogP contribution in [0.25, 0.3) is 0 Å². The molecule has 1 aromatic rings. The van der Waals surface area contributed by atoms with Crippen LogP contribution in [0, 0.1) is 5.92 Å². The number of hydrogen-bond acceptors (Lipinski definition) is 6. The first-order valence-electron chi connectivity index (χ1n) is 6.64. The van der Waals surface area contributed by atoms with Crippen molar-refractivity contribution in [1.29, 1.82) is 0 Å². The summed E-state index contributed by atoms with van der Waals surface area (Å²) < 4.78 is 24.3. The molecule has 2 heterocycles. The third-order valence-corrected chi connectivity index (χ3v) is 3.91. The predicted molar refractivity (Wildman–Crippen MR) is 74.9 cm³/mol. The van der Waals surface area contributed by atoms with E-state index in [1.165, 1.54) is 6.20 Å². The van der Waals surface area contributed by atoms with Gasteiger partial charge in [0.05, 0.1) is 12.5 Å². The highest BCUT2D eigenvalue weighted by molar-refractivity contribution is 7.92. The summed E-state index contributed by atoms with van der Waals surface area (Å²) in [7, 11) is -3.41. The Bertz CT molecular complexity index is 592. The van der Waals surface area contributed by atoms with Gasteiger partial charge < -0.3 is 10.0 Å². The minimum atomic E-state index is -3.41. The van der Waals surface area contributed by atoms with Gasteiger partial charge in [-0.25, -0.2) is 8.42 Å². The van der Waals surface area contributed by atoms with Crippen molar-refractivity contribution < 1.29 is 18.3 Å². The van der Waals surface area contributed by atoms with E-state index in [1.54, 1.807) is 4.90 Å². The summed E-state index contributed by atoms with van der Waals surface area (Å²) in [5, 5.41) is 16.8. The zero-order valence-electron chi connectivity index (χ0n) is 11.8. The number of hydrogen-bond donors (Lipinski definition) is 2. The van der Waals surface area contributed by atoms with E-state index < -0.39 is 10.0 Å². The fourth-order valence-corrected chi connectivity index (χ4v) is 2.67. The summed E-state index contributed by atoms with van der Waals surface area (Å²) in [5.41, 5.74) is 0. The Morgan fingerprint density at radius 3 is 2.71 bits per heavy atom. The van der Waals surface area contributed by atoms with Crippen LogP contribution < -0.4 is 4.72 Å². The molecule has 2 rings (SSSR count). The molecule has 2 N–H and O–H groups in total. The molecular weight excluding hydrogens is 298 g/mol. The lowest BCUT2D eigenvalue weighted by Crippen LogP contribution is -2.41. The number of rotatable bonds is 5. The van der Waals surface area contributed by atoms with Crippen LogP contribution in [0.4, 0.5) is 5.82 Å². The highest BCUT2D eigenvalue weighted by atomic mass is 32.2. The van der Waals surface area contributed by atoms with Crippen LogP contribution >= 0.6 is 0 Å². The van der Waals surface area contributed by atoms with Gasteiger partial charge >= 0.3 is 0 Å². The van der Waals surface area contributed by atoms with E-state index in [0.717, 1.165) is 23.9 Å². The second kappa shape index (κ2) is 6.39. The average molecular weight is 317 g/mol. The summed E-state index contributed by atoms with van der Waals surface area (Å²) >= 11 is 0. The number of aliphatic hydroxyl groups excluding tert-OH is 1. The summed E-state index contributed by atoms with van der Waals surface area (Å²) in [5.74, 6) is 0.236. The van der Waals surface area contributed by atoms with Gasteiger partial charge in [0.1, 0.15) is 6.54 Å². The molecule has 0 atom stereocenters. The molecule has 0 aliphatic carbocycles. The number of aliphatic hydroxyl groups is 1. The van der Waals surface area contributed by atoms with Gasteiger partial charge in [-0.15, -0.1) is 5.10 Å². The van der Waals surface area contributed by atoms with E-state index in [2.05, 4.69) is 14.9 Å². The number of piperidine rings is 1. The summed E-state index contributed by atoms with van der Waals surface area (Å²) in [6.45, 7) is 1.35. The fourth-order valence-electron chi connectivity index (χ4n) is 2.20. The van der Waals surface area contributed by atoms with Crippen LogP contribution in [0.15, 0.2) is 6.20 Å². The van der Waals surface area contributed by atoms with E-state index >= 15 is 0 Å². The SMILES string of the molecule is CS(=O)(=O)Nc1cnn(CC(=O)N2CCC(CO)CC2)n1. The normalized spacial score (nSPS) is 17.0. The van der Waals surface area contributed by atoms with Gasteiger partial charge in [-0.05, 0) is 18.8 Å². The monoisotopic (exact) mass is 317 g/mol. The van der Waals surface area contributed by atoms with Gasteiger partial charge in [0.2, 0.25) is 15.9 Å². The molecule has 10 heteroatoms. The van der Waals surface area contributed by atoms with Crippen molar-refractivity contribution >= 4 is 21.7 Å². The lowest BCUT2D eigenvalue weighted by molar-refractivity contribution is -0.133. The van der Waals surface area contributed by atoms with Crippen LogP contribution in [-0.2, 0) is 21.4 Å². The van der Waals surface area contributed by atoms with Crippen LogP contribution in [0.5, 0.6) is 0 Å². The second-order valence-corrected chi connectivity index (χ2v) is 6.89. The number of sulfonamides is 1. The molecule has 1 aromatic heterocycles. The van der Waals surface area contributed by atoms with Gasteiger partial charge in [0.15, 0.2) is 5.82 Å². The molecule has 118 valence electrons. The number of carbonyl (C=O) groups excluding carboxylic acids is 1. The Hall–Kier alpha value is -1.68. The number of anilines is 1. The van der Waals surface area contributed by atoms with Crippen molar-refractivity contribution in [3.63, 3.8) is 0 Å². The maximum atomic E-state index is 12.1. The van der Waals surface area contributed by atoms with Gasteiger partial charge in [-0.3, -0.25) is 9.52 Å². The molecule has 0 saturated carbocycles. The van der Waals surface area contributed by atoms with E-state index in [4.69, 9.17) is 5.11 Å². The minimum Gasteiger partial charge on any atom is -0.396 e. The number of amides is 1. The van der Waals surface area contributed by atoms with E-state index in [1.807, 2.05) is 0 Å². The lowest BCUT2D eigenvalue weighted by atomic mass is 9.98. The van der Waals surface area contributed by atoms with Crippen LogP contribution in [0.2, 0.25) is 0 Å². The maximum Gasteiger partial charge on any atom is 0.246 e. The first-order valence-corrected chi connectivity index (χ1v) is 8.53. The van der Waals surface area contributed by atoms with Gasteiger partial charge in [-0.2, -0.15) is 9.90 Å². The Balaban J connectivity index is 1.88. The molecule has 0 aromatic carbocycles. The molecule has 1 fully saturated rings. The van der Waals surface area contributed by atoms with E-state index in [-0.39, 0.29) is 30.8 Å². The minimum absolute atomic E-state index is 0.0325. The zero-order valence-corrected chi connectivity index (χ0v) is 12.6. The van der Waals surface area contributed by atoms with Crippen molar-refractivity contribution in [3.8, 4) is 0 Å². The Labute approximate surface area is 123 Å². The highest BCUT2D eigenvalue weighted by Crippen LogP contribution is 2.16. The third-order valence-electron chi connectivity index (χ3n) is 3.33. The number of nitrogens with one attached hydrogen (secondary N) is 1. The highest BCUT2D eigenvalue weighted by Gasteiger charge is 2.22. The fraction of sp³-hybridized carbons (Fsp3) is 0.727. The van der Waals surface area contributed by atoms with Crippen LogP contribution in [-0.4, -0.2) is 65.3 Å². The Morgan fingerprint density at radius 2 is 2.14 bits per heavy atom. The molecule has 0 unspecified atom stereocenters. The van der Waals surface area contributed by atoms with Crippen molar-refractivity contribution in [2.24, 2.45) is 5.92 Å². The average Bonchev–Trinajstić information content (AvgIpc) is 2.83. The smallest absolute Gasteiger partial charge is 0.246 e. The van der Waals surface area contributed by atoms with Gasteiger partial charge in [0.25, 0.3) is 0 Å². The van der Waals surface area contributed by atoms with Crippen molar-refractivity contribution in [2.75, 3.05) is 30.7 Å². The Morgan fingerprint density at radius 1 is 1.48 bits per heavy atom. The first-order chi connectivity index (χ1) is 9.87. The molecule has 9 nitrogen and oxygen atoms in total. The lowest BCUT2D eigenvalue weighted by Gasteiger charge is -2.30. The van der Waals surface area contributed by atoms with Gasteiger partial charge in [0, 0.05) is 19.7 Å². The topological polar surface area (TPSA) is 117 Å². The quantitative estimate of drug-likeness (QED) is 0.710. The molecule has 1 aliphatic rings. The van der Waals surface area contributed by atoms with E-state index in [9.17, 15) is 13.2 Å². The number of nitrogens with zero attached hydrogens (tertiary/aromatic N) is 4. The van der Waals surface area contributed by atoms with Gasteiger partial charge in [-0.1, -0.05) is 0 Å². The van der Waals surface area contributed by atoms with Crippen LogP contribution in [0.1, 0.15) is 12.8 Å². The molecule has 1 aliphatic heterocycles. The molecule has 21 heavy (non-hydrogen) atoms. The predicted octanol–water partition coefficient (Wildman–Crippen LogP) is -1.12.